The second kappa shape index (κ2) is 7.91. The summed E-state index contributed by atoms with van der Waals surface area (Å²) < 4.78 is 20.5. The maximum absolute atomic E-state index is 15.1. The minimum Gasteiger partial charge on any atom is -0.444 e. The van der Waals surface area contributed by atoms with Crippen LogP contribution >= 0.6 is 0 Å². The number of carbonyl (C=O) groups is 2. The molecule has 3 saturated heterocycles. The van der Waals surface area contributed by atoms with Crippen LogP contribution in [0.15, 0.2) is 0 Å². The van der Waals surface area contributed by atoms with Crippen molar-refractivity contribution in [2.24, 2.45) is 5.92 Å². The number of piperazine rings is 1. The van der Waals surface area contributed by atoms with Crippen molar-refractivity contribution >= 4 is 12.0 Å². The number of piperidine rings is 1. The molecule has 7 nitrogen and oxygen atoms in total. The first-order valence-corrected chi connectivity index (χ1v) is 10.0. The van der Waals surface area contributed by atoms with Crippen molar-refractivity contribution in [1.29, 1.82) is 0 Å². The van der Waals surface area contributed by atoms with E-state index in [1.165, 1.54) is 0 Å². The van der Waals surface area contributed by atoms with Gasteiger partial charge in [0.2, 0.25) is 5.91 Å². The van der Waals surface area contributed by atoms with E-state index in [9.17, 15) is 9.59 Å². The predicted octanol–water partition coefficient (Wildman–Crippen LogP) is 1.09. The van der Waals surface area contributed by atoms with Gasteiger partial charge in [0.15, 0.2) is 0 Å². The molecule has 0 aromatic rings. The molecule has 0 atom stereocenters. The molecule has 0 radical (unpaired) electrons. The van der Waals surface area contributed by atoms with Gasteiger partial charge in [-0.2, -0.15) is 0 Å². The van der Waals surface area contributed by atoms with Gasteiger partial charge in [0.1, 0.15) is 11.3 Å². The summed E-state index contributed by atoms with van der Waals surface area (Å²) in [6.45, 7) is 11.2. The van der Waals surface area contributed by atoms with Crippen LogP contribution in [0.2, 0.25) is 0 Å². The standard InChI is InChI=1S/C19H33FN4O3/c1-18(2,3)27-17(26)24-12-15(13-24)16(25)23-8-4-19(20,5-9-23)14-22-10-6-21-7-11-22/h15,21H,4-14H2,1-3H3. The van der Waals surface area contributed by atoms with E-state index in [-0.39, 0.29) is 17.9 Å². The van der Waals surface area contributed by atoms with E-state index in [4.69, 9.17) is 4.74 Å². The lowest BCUT2D eigenvalue weighted by molar-refractivity contribution is -0.143. The fraction of sp³-hybridized carbons (Fsp3) is 0.895. The number of halogens is 1. The Morgan fingerprint density at radius 3 is 2.22 bits per heavy atom. The molecule has 0 unspecified atom stereocenters. The summed E-state index contributed by atoms with van der Waals surface area (Å²) in [4.78, 5) is 30.1. The van der Waals surface area contributed by atoms with Gasteiger partial charge >= 0.3 is 6.09 Å². The molecule has 8 heteroatoms. The molecule has 3 aliphatic rings. The highest BCUT2D eigenvalue weighted by Crippen LogP contribution is 2.30. The first-order valence-electron chi connectivity index (χ1n) is 10.0. The number of likely N-dealkylation sites (tertiary alicyclic amines) is 2. The van der Waals surface area contributed by atoms with Crippen LogP contribution in [0.25, 0.3) is 0 Å². The van der Waals surface area contributed by atoms with Crippen LogP contribution in [0.3, 0.4) is 0 Å². The molecular weight excluding hydrogens is 351 g/mol. The second-order valence-corrected chi connectivity index (χ2v) is 9.08. The van der Waals surface area contributed by atoms with Crippen molar-refractivity contribution in [3.8, 4) is 0 Å². The molecule has 0 spiro atoms. The minimum absolute atomic E-state index is 0.0408. The van der Waals surface area contributed by atoms with E-state index in [0.717, 1.165) is 26.2 Å². The summed E-state index contributed by atoms with van der Waals surface area (Å²) in [7, 11) is 0. The van der Waals surface area contributed by atoms with Crippen LogP contribution in [-0.4, -0.2) is 96.9 Å². The number of alkyl halides is 1. The lowest BCUT2D eigenvalue weighted by atomic mass is 9.90. The summed E-state index contributed by atoms with van der Waals surface area (Å²) in [5.41, 5.74) is -1.73. The van der Waals surface area contributed by atoms with Crippen molar-refractivity contribution in [2.75, 3.05) is 58.9 Å². The highest BCUT2D eigenvalue weighted by Gasteiger charge is 2.43. The summed E-state index contributed by atoms with van der Waals surface area (Å²) in [6.07, 6.45) is 0.417. The van der Waals surface area contributed by atoms with E-state index < -0.39 is 11.3 Å². The lowest BCUT2D eigenvalue weighted by Gasteiger charge is -2.44. The molecule has 0 bridgehead atoms. The van der Waals surface area contributed by atoms with Crippen molar-refractivity contribution in [2.45, 2.75) is 44.9 Å². The molecule has 0 aliphatic carbocycles. The number of carbonyl (C=O) groups excluding carboxylic acids is 2. The average molecular weight is 384 g/mol. The van der Waals surface area contributed by atoms with E-state index in [2.05, 4.69) is 10.2 Å². The van der Waals surface area contributed by atoms with Crippen molar-refractivity contribution in [3.63, 3.8) is 0 Å². The van der Waals surface area contributed by atoms with Crippen molar-refractivity contribution in [3.05, 3.63) is 0 Å². The van der Waals surface area contributed by atoms with Gasteiger partial charge in [-0.25, -0.2) is 9.18 Å². The SMILES string of the molecule is CC(C)(C)OC(=O)N1CC(C(=O)N2CCC(F)(CN3CCNCC3)CC2)C1. The molecule has 3 fully saturated rings. The Bertz CT molecular complexity index is 546. The molecule has 0 aromatic heterocycles. The first kappa shape index (κ1) is 20.3. The van der Waals surface area contributed by atoms with Gasteiger partial charge < -0.3 is 19.9 Å². The third-order valence-electron chi connectivity index (χ3n) is 5.57. The Hall–Kier alpha value is -1.41. The summed E-state index contributed by atoms with van der Waals surface area (Å²) >= 11 is 0. The topological polar surface area (TPSA) is 65.1 Å². The van der Waals surface area contributed by atoms with E-state index >= 15 is 4.39 Å². The van der Waals surface area contributed by atoms with E-state index in [1.54, 1.807) is 9.80 Å². The van der Waals surface area contributed by atoms with Gasteiger partial charge in [-0.15, -0.1) is 0 Å². The molecular formula is C19H33FN4O3. The van der Waals surface area contributed by atoms with Crippen LogP contribution in [0, 0.1) is 5.92 Å². The zero-order chi connectivity index (χ0) is 19.7. The van der Waals surface area contributed by atoms with Gasteiger partial charge in [0, 0.05) is 71.7 Å². The second-order valence-electron chi connectivity index (χ2n) is 9.08. The summed E-state index contributed by atoms with van der Waals surface area (Å²) in [6, 6.07) is 0. The zero-order valence-corrected chi connectivity index (χ0v) is 16.8. The molecule has 3 rings (SSSR count). The third-order valence-corrected chi connectivity index (χ3v) is 5.57. The van der Waals surface area contributed by atoms with Crippen LogP contribution in [0.5, 0.6) is 0 Å². The number of hydrogen-bond donors (Lipinski definition) is 1. The van der Waals surface area contributed by atoms with E-state index in [1.807, 2.05) is 20.8 Å². The van der Waals surface area contributed by atoms with Crippen LogP contribution in [0.4, 0.5) is 9.18 Å². The molecule has 27 heavy (non-hydrogen) atoms. The highest BCUT2D eigenvalue weighted by atomic mass is 19.1. The van der Waals surface area contributed by atoms with Crippen molar-refractivity contribution < 1.29 is 18.7 Å². The molecule has 1 N–H and O–H groups in total. The third kappa shape index (κ3) is 5.31. The van der Waals surface area contributed by atoms with Gasteiger partial charge in [-0.1, -0.05) is 0 Å². The number of nitrogens with zero attached hydrogens (tertiary/aromatic N) is 3. The quantitative estimate of drug-likeness (QED) is 0.789. The Labute approximate surface area is 161 Å². The minimum atomic E-state index is -1.20. The molecule has 154 valence electrons. The normalized spacial score (nSPS) is 24.4. The Morgan fingerprint density at radius 1 is 1.07 bits per heavy atom. The average Bonchev–Trinajstić information content (AvgIpc) is 2.53. The number of nitrogens with one attached hydrogen (secondary N) is 1. The number of rotatable bonds is 3. The summed E-state index contributed by atoms with van der Waals surface area (Å²) in [5.74, 6) is -0.142. The molecule has 0 aromatic carbocycles. The van der Waals surface area contributed by atoms with Gasteiger partial charge in [-0.3, -0.25) is 9.69 Å². The molecule has 3 aliphatic heterocycles. The molecule has 3 heterocycles. The largest absolute Gasteiger partial charge is 0.444 e. The number of hydrogen-bond acceptors (Lipinski definition) is 5. The molecule has 0 saturated carbocycles. The van der Waals surface area contributed by atoms with E-state index in [0.29, 0.717) is 45.6 Å². The Balaban J connectivity index is 1.41. The van der Waals surface area contributed by atoms with Gasteiger partial charge in [-0.05, 0) is 20.8 Å². The van der Waals surface area contributed by atoms with Gasteiger partial charge in [0.05, 0.1) is 5.92 Å². The first-order chi connectivity index (χ1) is 12.7. The summed E-state index contributed by atoms with van der Waals surface area (Å²) in [5, 5.41) is 3.28. The maximum atomic E-state index is 15.1. The fourth-order valence-electron chi connectivity index (χ4n) is 3.92. The van der Waals surface area contributed by atoms with Crippen LogP contribution in [0.1, 0.15) is 33.6 Å². The zero-order valence-electron chi connectivity index (χ0n) is 16.8. The predicted molar refractivity (Wildman–Crippen MR) is 100 cm³/mol. The fourth-order valence-corrected chi connectivity index (χ4v) is 3.92. The maximum Gasteiger partial charge on any atom is 0.410 e. The number of amides is 2. The Morgan fingerprint density at radius 2 is 1.67 bits per heavy atom. The van der Waals surface area contributed by atoms with Crippen molar-refractivity contribution in [1.82, 2.24) is 20.0 Å². The molecule has 2 amide bonds. The number of ether oxygens (including phenoxy) is 1. The highest BCUT2D eigenvalue weighted by molar-refractivity contribution is 5.82. The van der Waals surface area contributed by atoms with Gasteiger partial charge in [0.25, 0.3) is 0 Å². The lowest BCUT2D eigenvalue weighted by Crippen LogP contribution is -2.59. The monoisotopic (exact) mass is 384 g/mol. The van der Waals surface area contributed by atoms with Crippen LogP contribution in [-0.2, 0) is 9.53 Å². The smallest absolute Gasteiger partial charge is 0.410 e. The Kier molecular flexibility index (Phi) is 5.96. The van der Waals surface area contributed by atoms with Crippen LogP contribution < -0.4 is 5.32 Å².